The molecule has 1 aromatic carbocycles. The van der Waals surface area contributed by atoms with Crippen LogP contribution in [0.4, 0.5) is 0 Å². The minimum atomic E-state index is -1.00. The van der Waals surface area contributed by atoms with Crippen molar-refractivity contribution >= 4 is 16.9 Å². The van der Waals surface area contributed by atoms with E-state index in [1.165, 1.54) is 25.7 Å². The molecular weight excluding hydrogens is 266 g/mol. The first-order valence-electron chi connectivity index (χ1n) is 7.60. The molecule has 2 N–H and O–H groups in total. The molecule has 3 rings (SSSR count). The van der Waals surface area contributed by atoms with Gasteiger partial charge in [0.1, 0.15) is 5.58 Å². The summed E-state index contributed by atoms with van der Waals surface area (Å²) in [6.07, 6.45) is 5.03. The van der Waals surface area contributed by atoms with Gasteiger partial charge in [0.2, 0.25) is 5.76 Å². The number of aromatic carboxylic acids is 1. The zero-order valence-corrected chi connectivity index (χ0v) is 12.3. The van der Waals surface area contributed by atoms with E-state index in [0.29, 0.717) is 17.5 Å². The molecule has 4 heteroatoms. The van der Waals surface area contributed by atoms with Crippen LogP contribution in [0.2, 0.25) is 0 Å². The SMILES string of the molecule is CCC1(CNCc2c(C(=O)O)oc3ccccc23)CCC1. The van der Waals surface area contributed by atoms with Gasteiger partial charge in [-0.3, -0.25) is 0 Å². The van der Waals surface area contributed by atoms with Crippen LogP contribution < -0.4 is 5.32 Å². The Labute approximate surface area is 124 Å². The standard InChI is InChI=1S/C17H21NO3/c1-2-17(8-5-9-17)11-18-10-13-12-6-3-4-7-14(12)21-15(13)16(19)20/h3-4,6-7,18H,2,5,8-11H2,1H3,(H,19,20). The predicted octanol–water partition coefficient (Wildman–Crippen LogP) is 3.80. The number of carbonyl (C=O) groups is 1. The zero-order chi connectivity index (χ0) is 14.9. The third-order valence-corrected chi connectivity index (χ3v) is 4.86. The first-order valence-corrected chi connectivity index (χ1v) is 7.60. The largest absolute Gasteiger partial charge is 0.475 e. The second kappa shape index (κ2) is 5.53. The molecule has 0 unspecified atom stereocenters. The number of benzene rings is 1. The monoisotopic (exact) mass is 287 g/mol. The quantitative estimate of drug-likeness (QED) is 0.848. The van der Waals surface area contributed by atoms with Gasteiger partial charge in [-0.2, -0.15) is 0 Å². The van der Waals surface area contributed by atoms with E-state index in [4.69, 9.17) is 4.42 Å². The molecular formula is C17H21NO3. The molecule has 1 saturated carbocycles. The Morgan fingerprint density at radius 1 is 1.38 bits per heavy atom. The second-order valence-corrected chi connectivity index (χ2v) is 6.02. The fraction of sp³-hybridized carbons (Fsp3) is 0.471. The molecule has 1 heterocycles. The van der Waals surface area contributed by atoms with Gasteiger partial charge in [-0.05, 0) is 30.7 Å². The molecule has 21 heavy (non-hydrogen) atoms. The van der Waals surface area contributed by atoms with Crippen LogP contribution in [0.15, 0.2) is 28.7 Å². The summed E-state index contributed by atoms with van der Waals surface area (Å²) < 4.78 is 5.47. The van der Waals surface area contributed by atoms with Crippen LogP contribution >= 0.6 is 0 Å². The van der Waals surface area contributed by atoms with Crippen molar-refractivity contribution in [3.63, 3.8) is 0 Å². The number of fused-ring (bicyclic) bond motifs is 1. The molecule has 0 saturated heterocycles. The van der Waals surface area contributed by atoms with Gasteiger partial charge < -0.3 is 14.8 Å². The average Bonchev–Trinajstić information content (AvgIpc) is 2.81. The fourth-order valence-electron chi connectivity index (χ4n) is 3.23. The molecule has 0 atom stereocenters. The van der Waals surface area contributed by atoms with E-state index in [-0.39, 0.29) is 5.76 Å². The number of rotatable bonds is 6. The maximum absolute atomic E-state index is 11.4. The first kappa shape index (κ1) is 14.1. The Morgan fingerprint density at radius 3 is 2.76 bits per heavy atom. The zero-order valence-electron chi connectivity index (χ0n) is 12.3. The first-order chi connectivity index (χ1) is 10.2. The van der Waals surface area contributed by atoms with E-state index in [0.717, 1.165) is 17.5 Å². The Balaban J connectivity index is 1.79. The van der Waals surface area contributed by atoms with Crippen LogP contribution in [0.5, 0.6) is 0 Å². The number of carboxylic acid groups (broad SMARTS) is 1. The average molecular weight is 287 g/mol. The molecule has 4 nitrogen and oxygen atoms in total. The van der Waals surface area contributed by atoms with Crippen molar-refractivity contribution in [2.45, 2.75) is 39.2 Å². The maximum atomic E-state index is 11.4. The number of carboxylic acids is 1. The van der Waals surface area contributed by atoms with E-state index in [9.17, 15) is 9.90 Å². The van der Waals surface area contributed by atoms with Crippen molar-refractivity contribution in [3.8, 4) is 0 Å². The van der Waals surface area contributed by atoms with Gasteiger partial charge in [0.15, 0.2) is 0 Å². The summed E-state index contributed by atoms with van der Waals surface area (Å²) in [5.41, 5.74) is 1.81. The molecule has 0 bridgehead atoms. The molecule has 1 aromatic heterocycles. The van der Waals surface area contributed by atoms with Gasteiger partial charge >= 0.3 is 5.97 Å². The van der Waals surface area contributed by atoms with Crippen LogP contribution in [0.1, 0.15) is 48.7 Å². The van der Waals surface area contributed by atoms with Crippen LogP contribution in [0, 0.1) is 5.41 Å². The van der Waals surface area contributed by atoms with Gasteiger partial charge in [-0.1, -0.05) is 31.5 Å². The molecule has 1 aliphatic rings. The van der Waals surface area contributed by atoms with E-state index >= 15 is 0 Å². The Kier molecular flexibility index (Phi) is 3.72. The maximum Gasteiger partial charge on any atom is 0.372 e. The summed E-state index contributed by atoms with van der Waals surface area (Å²) >= 11 is 0. The van der Waals surface area contributed by atoms with Crippen LogP contribution in [0.25, 0.3) is 11.0 Å². The van der Waals surface area contributed by atoms with Crippen molar-refractivity contribution in [1.82, 2.24) is 5.32 Å². The number of nitrogens with one attached hydrogen (secondary N) is 1. The lowest BCUT2D eigenvalue weighted by molar-refractivity contribution is 0.0663. The molecule has 1 aliphatic carbocycles. The van der Waals surface area contributed by atoms with E-state index in [1.54, 1.807) is 0 Å². The van der Waals surface area contributed by atoms with E-state index in [1.807, 2.05) is 24.3 Å². The molecule has 0 spiro atoms. The summed E-state index contributed by atoms with van der Waals surface area (Å²) in [7, 11) is 0. The second-order valence-electron chi connectivity index (χ2n) is 6.02. The smallest absolute Gasteiger partial charge is 0.372 e. The Hall–Kier alpha value is -1.81. The van der Waals surface area contributed by atoms with Gasteiger partial charge in [-0.15, -0.1) is 0 Å². The van der Waals surface area contributed by atoms with Gasteiger partial charge in [0, 0.05) is 24.0 Å². The molecule has 112 valence electrons. The molecule has 0 radical (unpaired) electrons. The lowest BCUT2D eigenvalue weighted by atomic mass is 9.67. The molecule has 2 aromatic rings. The third kappa shape index (κ3) is 2.56. The number of hydrogen-bond donors (Lipinski definition) is 2. The molecule has 1 fully saturated rings. The van der Waals surface area contributed by atoms with Crippen LogP contribution in [-0.4, -0.2) is 17.6 Å². The van der Waals surface area contributed by atoms with Gasteiger partial charge in [-0.25, -0.2) is 4.79 Å². The Bertz CT molecular complexity index is 650. The van der Waals surface area contributed by atoms with Crippen molar-refractivity contribution in [3.05, 3.63) is 35.6 Å². The third-order valence-electron chi connectivity index (χ3n) is 4.86. The highest BCUT2D eigenvalue weighted by Gasteiger charge is 2.34. The predicted molar refractivity (Wildman–Crippen MR) is 81.5 cm³/mol. The molecule has 0 amide bonds. The van der Waals surface area contributed by atoms with Crippen molar-refractivity contribution in [1.29, 1.82) is 0 Å². The summed E-state index contributed by atoms with van der Waals surface area (Å²) in [5, 5.41) is 13.6. The van der Waals surface area contributed by atoms with E-state index in [2.05, 4.69) is 12.2 Å². The summed E-state index contributed by atoms with van der Waals surface area (Å²) in [6, 6.07) is 7.49. The van der Waals surface area contributed by atoms with Crippen LogP contribution in [0.3, 0.4) is 0 Å². The summed E-state index contributed by atoms with van der Waals surface area (Å²) in [5.74, 6) is -0.945. The topological polar surface area (TPSA) is 62.5 Å². The minimum Gasteiger partial charge on any atom is -0.475 e. The highest BCUT2D eigenvalue weighted by molar-refractivity contribution is 5.95. The highest BCUT2D eigenvalue weighted by atomic mass is 16.4. The summed E-state index contributed by atoms with van der Waals surface area (Å²) in [4.78, 5) is 11.4. The number of hydrogen-bond acceptors (Lipinski definition) is 3. The van der Waals surface area contributed by atoms with Crippen LogP contribution in [-0.2, 0) is 6.54 Å². The van der Waals surface area contributed by atoms with Gasteiger partial charge in [0.05, 0.1) is 0 Å². The lowest BCUT2D eigenvalue weighted by Gasteiger charge is -2.41. The van der Waals surface area contributed by atoms with Crippen molar-refractivity contribution in [2.24, 2.45) is 5.41 Å². The molecule has 0 aliphatic heterocycles. The van der Waals surface area contributed by atoms with Gasteiger partial charge in [0.25, 0.3) is 0 Å². The number of furan rings is 1. The lowest BCUT2D eigenvalue weighted by Crippen LogP contribution is -2.39. The van der Waals surface area contributed by atoms with Crippen molar-refractivity contribution in [2.75, 3.05) is 6.54 Å². The van der Waals surface area contributed by atoms with E-state index < -0.39 is 5.97 Å². The summed E-state index contributed by atoms with van der Waals surface area (Å²) in [6.45, 7) is 3.72. The normalized spacial score (nSPS) is 16.8. The fourth-order valence-corrected chi connectivity index (χ4v) is 3.23. The Morgan fingerprint density at radius 2 is 2.14 bits per heavy atom. The highest BCUT2D eigenvalue weighted by Crippen LogP contribution is 2.43. The van der Waals surface area contributed by atoms with Crippen molar-refractivity contribution < 1.29 is 14.3 Å². The number of para-hydroxylation sites is 1. The minimum absolute atomic E-state index is 0.0582.